The molecule has 1 aromatic carbocycles. The minimum absolute atomic E-state index is 0.0180. The van der Waals surface area contributed by atoms with Gasteiger partial charge >= 0.3 is 0 Å². The fourth-order valence-electron chi connectivity index (χ4n) is 1.89. The summed E-state index contributed by atoms with van der Waals surface area (Å²) < 4.78 is 18.6. The van der Waals surface area contributed by atoms with Gasteiger partial charge < -0.3 is 10.5 Å². The van der Waals surface area contributed by atoms with Crippen molar-refractivity contribution in [1.29, 1.82) is 10.5 Å². The van der Waals surface area contributed by atoms with E-state index >= 15 is 0 Å². The van der Waals surface area contributed by atoms with E-state index in [-0.39, 0.29) is 32.9 Å². The minimum Gasteiger partial charge on any atom is -0.480 e. The maximum atomic E-state index is 13.4. The topological polar surface area (TPSA) is 95.7 Å². The molecule has 0 spiro atoms. The van der Waals surface area contributed by atoms with Gasteiger partial charge in [-0.25, -0.2) is 4.39 Å². The van der Waals surface area contributed by atoms with Crippen molar-refractivity contribution in [2.45, 2.75) is 0 Å². The monoisotopic (exact) mass is 346 g/mol. The number of hydrogen-bond donors (Lipinski definition) is 1. The Morgan fingerprint density at radius 2 is 1.95 bits per heavy atom. The van der Waals surface area contributed by atoms with Crippen LogP contribution in [-0.4, -0.2) is 12.1 Å². The number of nitrogen functional groups attached to an aromatic ring is 1. The molecule has 1 heterocycles. The van der Waals surface area contributed by atoms with Crippen LogP contribution in [0.4, 0.5) is 10.2 Å². The molecular weight excluding hydrogens is 339 g/mol. The number of methoxy groups -OCH3 is 1. The highest BCUT2D eigenvalue weighted by molar-refractivity contribution is 9.10. The lowest BCUT2D eigenvalue weighted by Gasteiger charge is -2.12. The number of nitriles is 2. The molecule has 5 nitrogen and oxygen atoms in total. The Morgan fingerprint density at radius 1 is 1.29 bits per heavy atom. The number of pyridine rings is 1. The second-order valence-corrected chi connectivity index (χ2v) is 4.84. The Balaban J connectivity index is 2.89. The maximum absolute atomic E-state index is 13.4. The van der Waals surface area contributed by atoms with Crippen LogP contribution in [0.25, 0.3) is 11.1 Å². The summed E-state index contributed by atoms with van der Waals surface area (Å²) >= 11 is 3.07. The van der Waals surface area contributed by atoms with Crippen molar-refractivity contribution in [3.8, 4) is 29.1 Å². The van der Waals surface area contributed by atoms with Crippen molar-refractivity contribution in [1.82, 2.24) is 4.98 Å². The molecule has 0 fully saturated rings. The molecule has 0 radical (unpaired) electrons. The Bertz CT molecular complexity index is 808. The molecule has 0 saturated carbocycles. The molecule has 2 aromatic rings. The highest BCUT2D eigenvalue weighted by atomic mass is 79.9. The first-order chi connectivity index (χ1) is 10.0. The van der Waals surface area contributed by atoms with E-state index in [4.69, 9.17) is 10.5 Å². The van der Waals surface area contributed by atoms with Gasteiger partial charge in [-0.15, -0.1) is 0 Å². The van der Waals surface area contributed by atoms with Crippen LogP contribution < -0.4 is 10.5 Å². The van der Waals surface area contributed by atoms with Gasteiger partial charge in [-0.3, -0.25) is 0 Å². The van der Waals surface area contributed by atoms with Gasteiger partial charge in [0, 0.05) is 5.56 Å². The lowest BCUT2D eigenvalue weighted by Crippen LogP contribution is -2.04. The molecule has 104 valence electrons. The van der Waals surface area contributed by atoms with Crippen LogP contribution in [0.3, 0.4) is 0 Å². The number of benzene rings is 1. The van der Waals surface area contributed by atoms with Crippen LogP contribution in [0, 0.1) is 28.5 Å². The molecular formula is C14H8BrFN4O. The quantitative estimate of drug-likeness (QED) is 0.901. The average Bonchev–Trinajstić information content (AvgIpc) is 2.48. The molecule has 0 saturated heterocycles. The van der Waals surface area contributed by atoms with Gasteiger partial charge in [-0.1, -0.05) is 6.07 Å². The molecule has 2 N–H and O–H groups in total. The third-order valence-electron chi connectivity index (χ3n) is 2.82. The molecule has 0 aliphatic carbocycles. The largest absolute Gasteiger partial charge is 0.480 e. The predicted molar refractivity (Wildman–Crippen MR) is 77.7 cm³/mol. The van der Waals surface area contributed by atoms with E-state index in [2.05, 4.69) is 20.9 Å². The minimum atomic E-state index is -0.454. The summed E-state index contributed by atoms with van der Waals surface area (Å²) in [7, 11) is 1.35. The van der Waals surface area contributed by atoms with Gasteiger partial charge in [-0.2, -0.15) is 15.5 Å². The van der Waals surface area contributed by atoms with Crippen LogP contribution in [-0.2, 0) is 0 Å². The van der Waals surface area contributed by atoms with Crippen molar-refractivity contribution < 1.29 is 9.13 Å². The summed E-state index contributed by atoms with van der Waals surface area (Å²) in [5.41, 5.74) is 6.58. The third kappa shape index (κ3) is 2.51. The zero-order valence-electron chi connectivity index (χ0n) is 10.8. The highest BCUT2D eigenvalue weighted by Gasteiger charge is 2.21. The number of halogens is 2. The Hall–Kier alpha value is -2.64. The van der Waals surface area contributed by atoms with Crippen LogP contribution in [0.15, 0.2) is 22.7 Å². The van der Waals surface area contributed by atoms with E-state index in [1.807, 2.05) is 12.1 Å². The molecule has 0 unspecified atom stereocenters. The lowest BCUT2D eigenvalue weighted by molar-refractivity contribution is 0.397. The summed E-state index contributed by atoms with van der Waals surface area (Å²) in [5.74, 6) is -0.488. The van der Waals surface area contributed by atoms with Crippen LogP contribution in [0.2, 0.25) is 0 Å². The first kappa shape index (κ1) is 14.8. The van der Waals surface area contributed by atoms with Gasteiger partial charge in [0.15, 0.2) is 0 Å². The second kappa shape index (κ2) is 5.78. The van der Waals surface area contributed by atoms with Crippen LogP contribution in [0.1, 0.15) is 11.1 Å². The number of anilines is 1. The van der Waals surface area contributed by atoms with Crippen molar-refractivity contribution in [3.05, 3.63) is 39.6 Å². The summed E-state index contributed by atoms with van der Waals surface area (Å²) in [6.45, 7) is 0. The fraction of sp³-hybridized carbons (Fsp3) is 0.0714. The zero-order chi connectivity index (χ0) is 15.6. The van der Waals surface area contributed by atoms with Crippen molar-refractivity contribution in [2.75, 3.05) is 12.8 Å². The number of nitrogens with zero attached hydrogens (tertiary/aromatic N) is 3. The first-order valence-corrected chi connectivity index (χ1v) is 6.45. The summed E-state index contributed by atoms with van der Waals surface area (Å²) in [6.07, 6.45) is 0. The smallest absolute Gasteiger partial charge is 0.234 e. The third-order valence-corrected chi connectivity index (χ3v) is 3.42. The predicted octanol–water partition coefficient (Wildman–Crippen LogP) is 2.98. The van der Waals surface area contributed by atoms with Crippen LogP contribution in [0.5, 0.6) is 5.88 Å². The van der Waals surface area contributed by atoms with E-state index in [9.17, 15) is 14.9 Å². The maximum Gasteiger partial charge on any atom is 0.234 e. The Labute approximate surface area is 128 Å². The van der Waals surface area contributed by atoms with E-state index in [1.54, 1.807) is 0 Å². The Kier molecular flexibility index (Phi) is 4.06. The van der Waals surface area contributed by atoms with Crippen molar-refractivity contribution >= 4 is 21.7 Å². The zero-order valence-corrected chi connectivity index (χ0v) is 12.4. The van der Waals surface area contributed by atoms with Gasteiger partial charge in [0.25, 0.3) is 0 Å². The fourth-order valence-corrected chi connectivity index (χ4v) is 2.26. The lowest BCUT2D eigenvalue weighted by atomic mass is 9.96. The number of aromatic nitrogens is 1. The van der Waals surface area contributed by atoms with Crippen LogP contribution >= 0.6 is 15.9 Å². The number of ether oxygens (including phenoxy) is 1. The average molecular weight is 347 g/mol. The number of nitrogens with two attached hydrogens (primary N) is 1. The summed E-state index contributed by atoms with van der Waals surface area (Å²) in [5, 5.41) is 18.6. The van der Waals surface area contributed by atoms with E-state index in [0.717, 1.165) is 0 Å². The Morgan fingerprint density at radius 3 is 2.48 bits per heavy atom. The molecule has 0 amide bonds. The van der Waals surface area contributed by atoms with Gasteiger partial charge in [0.05, 0.1) is 11.6 Å². The van der Waals surface area contributed by atoms with Crippen molar-refractivity contribution in [2.24, 2.45) is 0 Å². The molecule has 7 heteroatoms. The van der Waals surface area contributed by atoms with Gasteiger partial charge in [-0.05, 0) is 33.6 Å². The highest BCUT2D eigenvalue weighted by Crippen LogP contribution is 2.36. The van der Waals surface area contributed by atoms with Gasteiger partial charge in [0.1, 0.15) is 34.9 Å². The molecule has 21 heavy (non-hydrogen) atoms. The number of rotatable bonds is 2. The molecule has 0 aliphatic rings. The molecule has 0 atom stereocenters. The molecule has 2 rings (SSSR count). The molecule has 1 aromatic heterocycles. The SMILES string of the molecule is COc1nc(N)c(C#N)c(-c2ccc(F)c(Br)c2)c1C#N. The summed E-state index contributed by atoms with van der Waals surface area (Å²) in [4.78, 5) is 3.88. The molecule has 0 aliphatic heterocycles. The van der Waals surface area contributed by atoms with E-state index in [0.29, 0.717) is 5.56 Å². The normalized spacial score (nSPS) is 9.76. The molecule has 0 bridgehead atoms. The summed E-state index contributed by atoms with van der Waals surface area (Å²) in [6, 6.07) is 8.01. The second-order valence-electron chi connectivity index (χ2n) is 3.98. The standard InChI is InChI=1S/C14H8BrFN4O/c1-21-14-9(6-18)12(8(5-17)13(19)20-14)7-2-3-11(16)10(15)4-7/h2-4H,1H3,(H2,19,20). The first-order valence-electron chi connectivity index (χ1n) is 5.66. The van der Waals surface area contributed by atoms with E-state index < -0.39 is 5.82 Å². The van der Waals surface area contributed by atoms with E-state index in [1.165, 1.54) is 25.3 Å². The van der Waals surface area contributed by atoms with Gasteiger partial charge in [0.2, 0.25) is 5.88 Å². The number of hydrogen-bond acceptors (Lipinski definition) is 5. The van der Waals surface area contributed by atoms with Crippen molar-refractivity contribution in [3.63, 3.8) is 0 Å².